The van der Waals surface area contributed by atoms with Crippen LogP contribution < -0.4 is 5.32 Å². The van der Waals surface area contributed by atoms with Crippen LogP contribution in [-0.4, -0.2) is 9.97 Å². The summed E-state index contributed by atoms with van der Waals surface area (Å²) >= 11 is 1.66. The zero-order valence-electron chi connectivity index (χ0n) is 13.3. The van der Waals surface area contributed by atoms with Gasteiger partial charge in [0.05, 0.1) is 10.4 Å². The number of nitrogens with one attached hydrogen (secondary N) is 1. The van der Waals surface area contributed by atoms with Crippen LogP contribution in [0.15, 0.2) is 72.1 Å². The molecule has 2 aromatic heterocycles. The smallest absolute Gasteiger partial charge is 0.172 e. The Morgan fingerprint density at radius 3 is 2.46 bits per heavy atom. The van der Waals surface area contributed by atoms with E-state index >= 15 is 0 Å². The molecule has 3 nitrogen and oxygen atoms in total. The second-order valence-electron chi connectivity index (χ2n) is 5.67. The van der Waals surface area contributed by atoms with E-state index in [-0.39, 0.29) is 6.04 Å². The van der Waals surface area contributed by atoms with E-state index in [1.165, 1.54) is 5.56 Å². The summed E-state index contributed by atoms with van der Waals surface area (Å²) in [4.78, 5) is 10.6. The Balaban J connectivity index is 1.78. The Morgan fingerprint density at radius 1 is 0.875 bits per heavy atom. The second kappa shape index (κ2) is 6.42. The number of rotatable bonds is 4. The SMILES string of the molecule is C[C@H](Nc1nc(-c2cccs2)nc2ccccc12)c1ccccc1. The van der Waals surface area contributed by atoms with Gasteiger partial charge >= 0.3 is 0 Å². The fourth-order valence-corrected chi connectivity index (χ4v) is 3.39. The van der Waals surface area contributed by atoms with E-state index in [9.17, 15) is 0 Å². The number of fused-ring (bicyclic) bond motifs is 1. The highest BCUT2D eigenvalue weighted by Crippen LogP contribution is 2.29. The Kier molecular flexibility index (Phi) is 3.97. The molecule has 0 amide bonds. The maximum absolute atomic E-state index is 4.80. The van der Waals surface area contributed by atoms with E-state index in [1.807, 2.05) is 35.7 Å². The topological polar surface area (TPSA) is 37.8 Å². The Labute approximate surface area is 145 Å². The van der Waals surface area contributed by atoms with E-state index in [0.29, 0.717) is 0 Å². The maximum atomic E-state index is 4.80. The van der Waals surface area contributed by atoms with Gasteiger partial charge < -0.3 is 5.32 Å². The van der Waals surface area contributed by atoms with Crippen LogP contribution in [0.1, 0.15) is 18.5 Å². The van der Waals surface area contributed by atoms with Crippen LogP contribution >= 0.6 is 11.3 Å². The third-order valence-corrected chi connectivity index (χ3v) is 4.86. The van der Waals surface area contributed by atoms with Gasteiger partial charge in [0, 0.05) is 11.4 Å². The van der Waals surface area contributed by atoms with E-state index in [1.54, 1.807) is 11.3 Å². The maximum Gasteiger partial charge on any atom is 0.172 e. The summed E-state index contributed by atoms with van der Waals surface area (Å²) in [5, 5.41) is 6.65. The molecular weight excluding hydrogens is 314 g/mol. The van der Waals surface area contributed by atoms with Gasteiger partial charge in [-0.05, 0) is 36.1 Å². The zero-order valence-corrected chi connectivity index (χ0v) is 14.1. The lowest BCUT2D eigenvalue weighted by molar-refractivity contribution is 0.876. The van der Waals surface area contributed by atoms with Crippen LogP contribution in [0.3, 0.4) is 0 Å². The van der Waals surface area contributed by atoms with E-state index < -0.39 is 0 Å². The number of nitrogens with zero attached hydrogens (tertiary/aromatic N) is 2. The van der Waals surface area contributed by atoms with Crippen molar-refractivity contribution in [3.8, 4) is 10.7 Å². The summed E-state index contributed by atoms with van der Waals surface area (Å²) in [5.74, 6) is 1.65. The van der Waals surface area contributed by atoms with Crippen LogP contribution in [0.5, 0.6) is 0 Å². The van der Waals surface area contributed by atoms with Gasteiger partial charge in [-0.3, -0.25) is 0 Å². The molecule has 2 heterocycles. The molecule has 1 N–H and O–H groups in total. The van der Waals surface area contributed by atoms with Crippen molar-refractivity contribution in [2.45, 2.75) is 13.0 Å². The van der Waals surface area contributed by atoms with Gasteiger partial charge in [-0.25, -0.2) is 9.97 Å². The quantitative estimate of drug-likeness (QED) is 0.534. The lowest BCUT2D eigenvalue weighted by Gasteiger charge is -2.17. The van der Waals surface area contributed by atoms with Crippen molar-refractivity contribution in [2.24, 2.45) is 0 Å². The molecule has 0 aliphatic rings. The number of thiophene rings is 1. The average Bonchev–Trinajstić information content (AvgIpc) is 3.17. The van der Waals surface area contributed by atoms with Crippen LogP contribution in [0.25, 0.3) is 21.6 Å². The number of hydrogen-bond acceptors (Lipinski definition) is 4. The lowest BCUT2D eigenvalue weighted by atomic mass is 10.1. The predicted octanol–water partition coefficient (Wildman–Crippen LogP) is 5.53. The van der Waals surface area contributed by atoms with Crippen LogP contribution in [0, 0.1) is 0 Å². The second-order valence-corrected chi connectivity index (χ2v) is 6.61. The van der Waals surface area contributed by atoms with Crippen LogP contribution in [0.2, 0.25) is 0 Å². The molecule has 0 saturated carbocycles. The van der Waals surface area contributed by atoms with Gasteiger partial charge in [-0.2, -0.15) is 0 Å². The number of para-hydroxylation sites is 1. The summed E-state index contributed by atoms with van der Waals surface area (Å²) in [6.45, 7) is 2.15. The molecule has 0 radical (unpaired) electrons. The molecule has 2 aromatic carbocycles. The van der Waals surface area contributed by atoms with E-state index in [2.05, 4.69) is 48.6 Å². The van der Waals surface area contributed by atoms with Gasteiger partial charge in [-0.1, -0.05) is 48.5 Å². The molecule has 4 rings (SSSR count). The summed E-state index contributed by atoms with van der Waals surface area (Å²) in [6, 6.07) is 22.8. The standard InChI is InChI=1S/C20H17N3S/c1-14(15-8-3-2-4-9-15)21-19-16-10-5-6-11-17(16)22-20(23-19)18-12-7-13-24-18/h2-14H,1H3,(H,21,22,23)/t14-/m0/s1. The van der Waals surface area contributed by atoms with Gasteiger partial charge in [0.2, 0.25) is 0 Å². The first-order valence-corrected chi connectivity index (χ1v) is 8.81. The van der Waals surface area contributed by atoms with Gasteiger partial charge in [0.1, 0.15) is 5.82 Å². The molecule has 0 saturated heterocycles. The Bertz CT molecular complexity index is 949. The van der Waals surface area contributed by atoms with Crippen molar-refractivity contribution in [3.63, 3.8) is 0 Å². The monoisotopic (exact) mass is 331 g/mol. The molecular formula is C20H17N3S. The molecule has 0 aliphatic heterocycles. The van der Waals surface area contributed by atoms with Crippen LogP contribution in [0.4, 0.5) is 5.82 Å². The molecule has 0 spiro atoms. The largest absolute Gasteiger partial charge is 0.363 e. The minimum atomic E-state index is 0.167. The van der Waals surface area contributed by atoms with Crippen molar-refractivity contribution in [3.05, 3.63) is 77.7 Å². The van der Waals surface area contributed by atoms with Crippen molar-refractivity contribution < 1.29 is 0 Å². The number of aromatic nitrogens is 2. The molecule has 1 atom stereocenters. The third-order valence-electron chi connectivity index (χ3n) is 4.00. The van der Waals surface area contributed by atoms with Gasteiger partial charge in [-0.15, -0.1) is 11.3 Å². The minimum absolute atomic E-state index is 0.167. The summed E-state index contributed by atoms with van der Waals surface area (Å²) in [7, 11) is 0. The highest BCUT2D eigenvalue weighted by Gasteiger charge is 2.12. The molecule has 4 aromatic rings. The first kappa shape index (κ1) is 14.8. The number of hydrogen-bond donors (Lipinski definition) is 1. The van der Waals surface area contributed by atoms with Crippen molar-refractivity contribution in [1.82, 2.24) is 9.97 Å². The fraction of sp³-hybridized carbons (Fsp3) is 0.100. The molecule has 4 heteroatoms. The zero-order chi connectivity index (χ0) is 16.4. The normalized spacial score (nSPS) is 12.2. The first-order chi connectivity index (χ1) is 11.8. The minimum Gasteiger partial charge on any atom is -0.363 e. The molecule has 0 fully saturated rings. The molecule has 0 bridgehead atoms. The average molecular weight is 331 g/mol. The van der Waals surface area contributed by atoms with Gasteiger partial charge in [0.15, 0.2) is 5.82 Å². The Morgan fingerprint density at radius 2 is 1.67 bits per heavy atom. The summed E-state index contributed by atoms with van der Waals surface area (Å²) in [6.07, 6.45) is 0. The first-order valence-electron chi connectivity index (χ1n) is 7.93. The molecule has 0 aliphatic carbocycles. The van der Waals surface area contributed by atoms with Crippen LogP contribution in [-0.2, 0) is 0 Å². The number of anilines is 1. The highest BCUT2D eigenvalue weighted by atomic mass is 32.1. The third kappa shape index (κ3) is 2.88. The Hall–Kier alpha value is -2.72. The molecule has 0 unspecified atom stereocenters. The number of benzene rings is 2. The van der Waals surface area contributed by atoms with E-state index in [4.69, 9.17) is 9.97 Å². The molecule has 118 valence electrons. The highest BCUT2D eigenvalue weighted by molar-refractivity contribution is 7.13. The van der Waals surface area contributed by atoms with Crippen molar-refractivity contribution in [2.75, 3.05) is 5.32 Å². The summed E-state index contributed by atoms with van der Waals surface area (Å²) in [5.41, 5.74) is 2.19. The predicted molar refractivity (Wildman–Crippen MR) is 101 cm³/mol. The molecule has 24 heavy (non-hydrogen) atoms. The van der Waals surface area contributed by atoms with Crippen molar-refractivity contribution >= 4 is 28.1 Å². The van der Waals surface area contributed by atoms with Gasteiger partial charge in [0.25, 0.3) is 0 Å². The fourth-order valence-electron chi connectivity index (χ4n) is 2.73. The van der Waals surface area contributed by atoms with E-state index in [0.717, 1.165) is 27.4 Å². The van der Waals surface area contributed by atoms with Crippen molar-refractivity contribution in [1.29, 1.82) is 0 Å². The summed E-state index contributed by atoms with van der Waals surface area (Å²) < 4.78 is 0. The lowest BCUT2D eigenvalue weighted by Crippen LogP contribution is -2.09.